The second-order valence-corrected chi connectivity index (χ2v) is 6.38. The summed E-state index contributed by atoms with van der Waals surface area (Å²) in [5, 5.41) is 12.0. The van der Waals surface area contributed by atoms with Crippen LogP contribution in [0.5, 0.6) is 0 Å². The second-order valence-electron chi connectivity index (χ2n) is 6.38. The molecule has 4 rings (SSSR count). The van der Waals surface area contributed by atoms with Crippen molar-refractivity contribution in [2.24, 2.45) is 0 Å². The summed E-state index contributed by atoms with van der Waals surface area (Å²) in [5.74, 6) is -2.90. The Hall–Kier alpha value is -3.80. The Balaban J connectivity index is 1.78. The molecular weight excluding hydrogens is 361 g/mol. The molecule has 28 heavy (non-hydrogen) atoms. The van der Waals surface area contributed by atoms with E-state index >= 15 is 0 Å². The van der Waals surface area contributed by atoms with E-state index in [1.165, 1.54) is 36.4 Å². The van der Waals surface area contributed by atoms with Gasteiger partial charge in [0, 0.05) is 27.8 Å². The molecule has 1 aliphatic rings. The molecule has 0 radical (unpaired) electrons. The van der Waals surface area contributed by atoms with Crippen LogP contribution in [0, 0.1) is 5.82 Å². The number of ketones is 1. The van der Waals surface area contributed by atoms with Crippen molar-refractivity contribution >= 4 is 17.7 Å². The molecule has 3 aromatic carbocycles. The number of carboxylic acids is 1. The van der Waals surface area contributed by atoms with E-state index in [0.29, 0.717) is 5.56 Å². The van der Waals surface area contributed by atoms with Crippen LogP contribution >= 0.6 is 0 Å². The Kier molecular flexibility index (Phi) is 4.24. The first-order valence-corrected chi connectivity index (χ1v) is 8.54. The van der Waals surface area contributed by atoms with Crippen LogP contribution in [-0.2, 0) is 4.79 Å². The number of halogens is 1. The van der Waals surface area contributed by atoms with E-state index in [1.807, 2.05) is 0 Å². The summed E-state index contributed by atoms with van der Waals surface area (Å²) in [7, 11) is 0. The van der Waals surface area contributed by atoms with Gasteiger partial charge in [-0.25, -0.2) is 9.18 Å². The fourth-order valence-corrected chi connectivity index (χ4v) is 3.45. The van der Waals surface area contributed by atoms with Crippen molar-refractivity contribution in [3.8, 4) is 11.1 Å². The molecule has 1 atom stereocenters. The average molecular weight is 375 g/mol. The van der Waals surface area contributed by atoms with Gasteiger partial charge in [-0.15, -0.1) is 0 Å². The Labute approximate surface area is 159 Å². The maximum Gasteiger partial charge on any atom is 0.330 e. The molecule has 1 unspecified atom stereocenters. The van der Waals surface area contributed by atoms with E-state index in [2.05, 4.69) is 5.32 Å². The van der Waals surface area contributed by atoms with E-state index in [9.17, 15) is 23.9 Å². The number of aliphatic carboxylic acids is 1. The number of nitrogens with one attached hydrogen (secondary N) is 1. The lowest BCUT2D eigenvalue weighted by atomic mass is 9.97. The number of carboxylic acid groups (broad SMARTS) is 1. The fraction of sp³-hybridized carbons (Fsp3) is 0.0455. The minimum atomic E-state index is -1.28. The normalized spacial score (nSPS) is 12.8. The molecule has 2 N–H and O–H groups in total. The summed E-state index contributed by atoms with van der Waals surface area (Å²) in [4.78, 5) is 37.2. The van der Waals surface area contributed by atoms with Gasteiger partial charge < -0.3 is 10.4 Å². The van der Waals surface area contributed by atoms with Crippen molar-refractivity contribution in [1.82, 2.24) is 5.32 Å². The van der Waals surface area contributed by atoms with Crippen molar-refractivity contribution < 1.29 is 23.9 Å². The van der Waals surface area contributed by atoms with E-state index in [1.54, 1.807) is 30.3 Å². The van der Waals surface area contributed by atoms with Crippen molar-refractivity contribution in [2.75, 3.05) is 0 Å². The molecule has 0 saturated heterocycles. The Morgan fingerprint density at radius 1 is 0.857 bits per heavy atom. The highest BCUT2D eigenvalue weighted by Crippen LogP contribution is 2.40. The molecule has 1 aliphatic carbocycles. The summed E-state index contributed by atoms with van der Waals surface area (Å²) in [6, 6.07) is 15.6. The van der Waals surface area contributed by atoms with Crippen LogP contribution in [0.25, 0.3) is 11.1 Å². The molecule has 0 fully saturated rings. The van der Waals surface area contributed by atoms with Crippen molar-refractivity contribution in [2.45, 2.75) is 6.04 Å². The Morgan fingerprint density at radius 2 is 1.50 bits per heavy atom. The first-order valence-electron chi connectivity index (χ1n) is 8.54. The third-order valence-corrected chi connectivity index (χ3v) is 4.72. The van der Waals surface area contributed by atoms with E-state index in [0.717, 1.165) is 0 Å². The third-order valence-electron chi connectivity index (χ3n) is 4.72. The molecule has 5 nitrogen and oxygen atoms in total. The van der Waals surface area contributed by atoms with Crippen molar-refractivity contribution in [1.29, 1.82) is 0 Å². The summed E-state index contributed by atoms with van der Waals surface area (Å²) < 4.78 is 14.5. The maximum absolute atomic E-state index is 14.5. The Bertz CT molecular complexity index is 1120. The molecule has 1 amide bonds. The van der Waals surface area contributed by atoms with Gasteiger partial charge in [0.1, 0.15) is 5.82 Å². The summed E-state index contributed by atoms with van der Waals surface area (Å²) in [6.07, 6.45) is 0. The fourth-order valence-electron chi connectivity index (χ4n) is 3.45. The molecule has 3 aromatic rings. The lowest BCUT2D eigenvalue weighted by Gasteiger charge is -2.16. The number of amides is 1. The highest BCUT2D eigenvalue weighted by atomic mass is 19.1. The zero-order valence-corrected chi connectivity index (χ0v) is 14.5. The number of carbonyl (C=O) groups is 3. The molecule has 0 saturated carbocycles. The lowest BCUT2D eigenvalue weighted by molar-refractivity contribution is -0.139. The van der Waals surface area contributed by atoms with Gasteiger partial charge in [-0.3, -0.25) is 9.59 Å². The van der Waals surface area contributed by atoms with Crippen molar-refractivity contribution in [3.63, 3.8) is 0 Å². The van der Waals surface area contributed by atoms with Gasteiger partial charge in [-0.05, 0) is 17.7 Å². The number of hydrogen-bond donors (Lipinski definition) is 2. The summed E-state index contributed by atoms with van der Waals surface area (Å²) in [6.45, 7) is 0. The van der Waals surface area contributed by atoms with Crippen LogP contribution in [0.1, 0.15) is 37.9 Å². The van der Waals surface area contributed by atoms with Crippen LogP contribution in [0.3, 0.4) is 0 Å². The lowest BCUT2D eigenvalue weighted by Crippen LogP contribution is -2.34. The highest BCUT2D eigenvalue weighted by molar-refractivity contribution is 6.24. The first-order chi connectivity index (χ1) is 13.5. The van der Waals surface area contributed by atoms with Crippen LogP contribution < -0.4 is 5.32 Å². The predicted octanol–water partition coefficient (Wildman–Crippen LogP) is 3.59. The van der Waals surface area contributed by atoms with Crippen LogP contribution in [0.4, 0.5) is 4.39 Å². The van der Waals surface area contributed by atoms with Gasteiger partial charge in [-0.2, -0.15) is 0 Å². The second kappa shape index (κ2) is 6.74. The molecule has 0 bridgehead atoms. The van der Waals surface area contributed by atoms with Gasteiger partial charge in [0.15, 0.2) is 11.8 Å². The van der Waals surface area contributed by atoms with Crippen LogP contribution in [0.2, 0.25) is 0 Å². The smallest absolute Gasteiger partial charge is 0.330 e. The first kappa shape index (κ1) is 17.6. The number of fused-ring (bicyclic) bond motifs is 3. The summed E-state index contributed by atoms with van der Waals surface area (Å²) in [5.41, 5.74) is 1.12. The maximum atomic E-state index is 14.5. The van der Waals surface area contributed by atoms with Crippen LogP contribution in [0.15, 0.2) is 66.7 Å². The van der Waals surface area contributed by atoms with E-state index < -0.39 is 23.7 Å². The Morgan fingerprint density at radius 3 is 2.18 bits per heavy atom. The van der Waals surface area contributed by atoms with Crippen molar-refractivity contribution in [3.05, 3.63) is 94.8 Å². The number of benzene rings is 3. The van der Waals surface area contributed by atoms with Gasteiger partial charge in [0.2, 0.25) is 0 Å². The number of rotatable bonds is 4. The third kappa shape index (κ3) is 2.75. The molecule has 0 aliphatic heterocycles. The minimum Gasteiger partial charge on any atom is -0.479 e. The highest BCUT2D eigenvalue weighted by Gasteiger charge is 2.33. The quantitative estimate of drug-likeness (QED) is 0.571. The zero-order chi connectivity index (χ0) is 19.8. The number of carbonyl (C=O) groups excluding carboxylic acids is 2. The standard InChI is InChI=1S/C22H14FNO4/c23-16-11-5-9-14-18(16)17-13(20(14)25)8-4-10-15(17)21(26)24-19(22(27)28)12-6-2-1-3-7-12/h1-11,19H,(H,24,26)(H,27,28). The molecule has 138 valence electrons. The molecular formula is C22H14FNO4. The van der Waals surface area contributed by atoms with E-state index in [-0.39, 0.29) is 33.6 Å². The summed E-state index contributed by atoms with van der Waals surface area (Å²) >= 11 is 0. The van der Waals surface area contributed by atoms with Gasteiger partial charge in [0.05, 0.1) is 0 Å². The van der Waals surface area contributed by atoms with Crippen LogP contribution in [-0.4, -0.2) is 22.8 Å². The van der Waals surface area contributed by atoms with E-state index in [4.69, 9.17) is 0 Å². The largest absolute Gasteiger partial charge is 0.479 e. The van der Waals surface area contributed by atoms with Gasteiger partial charge in [-0.1, -0.05) is 54.6 Å². The zero-order valence-electron chi connectivity index (χ0n) is 14.5. The molecule has 0 heterocycles. The average Bonchev–Trinajstić information content (AvgIpc) is 3.00. The minimum absolute atomic E-state index is 0.0527. The molecule has 0 aromatic heterocycles. The predicted molar refractivity (Wildman–Crippen MR) is 99.6 cm³/mol. The number of hydrogen-bond acceptors (Lipinski definition) is 3. The topological polar surface area (TPSA) is 83.5 Å². The van der Waals surface area contributed by atoms with Gasteiger partial charge >= 0.3 is 5.97 Å². The molecule has 6 heteroatoms. The van der Waals surface area contributed by atoms with Gasteiger partial charge in [0.25, 0.3) is 5.91 Å². The molecule has 0 spiro atoms. The monoisotopic (exact) mass is 375 g/mol. The SMILES string of the molecule is O=C(NC(C(=O)O)c1ccccc1)c1cccc2c1-c1c(F)cccc1C2=O.